The number of hydroxylamine groups is 2. The third kappa shape index (κ3) is 0.976. The van der Waals surface area contributed by atoms with E-state index in [4.69, 9.17) is 4.84 Å². The Morgan fingerprint density at radius 2 is 2.50 bits per heavy atom. The highest BCUT2D eigenvalue weighted by Crippen LogP contribution is 2.27. The van der Waals surface area contributed by atoms with E-state index in [0.29, 0.717) is 12.0 Å². The Balaban J connectivity index is 2.08. The molecule has 0 aromatic carbocycles. The van der Waals surface area contributed by atoms with Gasteiger partial charge in [-0.1, -0.05) is 12.2 Å². The van der Waals surface area contributed by atoms with Crippen LogP contribution in [0, 0.1) is 5.92 Å². The highest BCUT2D eigenvalue weighted by Gasteiger charge is 2.31. The zero-order chi connectivity index (χ0) is 6.97. The number of hydrogen-bond acceptors (Lipinski definition) is 2. The molecule has 2 rings (SSSR count). The van der Waals surface area contributed by atoms with Crippen molar-refractivity contribution < 1.29 is 4.84 Å². The second-order valence-corrected chi connectivity index (χ2v) is 3.12. The normalized spacial score (nSPS) is 40.1. The monoisotopic (exact) mass is 139 g/mol. The fourth-order valence-electron chi connectivity index (χ4n) is 1.75. The van der Waals surface area contributed by atoms with Crippen LogP contribution in [-0.2, 0) is 4.84 Å². The molecule has 0 radical (unpaired) electrons. The third-order valence-electron chi connectivity index (χ3n) is 2.26. The Morgan fingerprint density at radius 3 is 3.30 bits per heavy atom. The number of nitrogens with zero attached hydrogens (tertiary/aromatic N) is 1. The summed E-state index contributed by atoms with van der Waals surface area (Å²) in [4.78, 5) is 5.55. The molecule has 2 nitrogen and oxygen atoms in total. The van der Waals surface area contributed by atoms with E-state index in [0.717, 1.165) is 6.54 Å². The first kappa shape index (κ1) is 6.38. The number of rotatable bonds is 0. The maximum absolute atomic E-state index is 5.55. The van der Waals surface area contributed by atoms with Gasteiger partial charge in [0.05, 0.1) is 6.10 Å². The van der Waals surface area contributed by atoms with Crippen LogP contribution < -0.4 is 0 Å². The topological polar surface area (TPSA) is 12.5 Å². The Kier molecular flexibility index (Phi) is 1.51. The van der Waals surface area contributed by atoms with Crippen LogP contribution in [-0.4, -0.2) is 24.8 Å². The van der Waals surface area contributed by atoms with Gasteiger partial charge in [-0.25, -0.2) is 0 Å². The average Bonchev–Trinajstić information content (AvgIpc) is 2.27. The van der Waals surface area contributed by atoms with E-state index < -0.39 is 0 Å². The Hall–Kier alpha value is -0.340. The second-order valence-electron chi connectivity index (χ2n) is 3.12. The molecule has 0 aromatic rings. The first-order valence-corrected chi connectivity index (χ1v) is 3.91. The summed E-state index contributed by atoms with van der Waals surface area (Å²) in [5.74, 6) is 0.666. The van der Waals surface area contributed by atoms with Crippen molar-refractivity contribution >= 4 is 0 Å². The smallest absolute Gasteiger partial charge is 0.0871 e. The summed E-state index contributed by atoms with van der Waals surface area (Å²) in [5, 5.41) is 1.95. The first-order valence-electron chi connectivity index (χ1n) is 3.91. The summed E-state index contributed by atoms with van der Waals surface area (Å²) in [5.41, 5.74) is 0. The van der Waals surface area contributed by atoms with E-state index in [-0.39, 0.29) is 0 Å². The number of hydrogen-bond donors (Lipinski definition) is 0. The summed E-state index contributed by atoms with van der Waals surface area (Å²) in [6, 6.07) is 0. The van der Waals surface area contributed by atoms with Gasteiger partial charge in [0.25, 0.3) is 0 Å². The molecule has 1 aliphatic heterocycles. The molecule has 2 atom stereocenters. The Labute approximate surface area is 61.4 Å². The van der Waals surface area contributed by atoms with Gasteiger partial charge in [-0.05, 0) is 12.8 Å². The van der Waals surface area contributed by atoms with Gasteiger partial charge in [0.1, 0.15) is 0 Å². The zero-order valence-electron chi connectivity index (χ0n) is 6.29. The molecule has 0 unspecified atom stereocenters. The predicted octanol–water partition coefficient (Wildman–Crippen LogP) is 1.20. The summed E-state index contributed by atoms with van der Waals surface area (Å²) in [6.07, 6.45) is 7.43. The van der Waals surface area contributed by atoms with E-state index in [1.807, 2.05) is 12.1 Å². The molecule has 2 aliphatic rings. The highest BCUT2D eigenvalue weighted by atomic mass is 16.7. The molecule has 10 heavy (non-hydrogen) atoms. The average molecular weight is 139 g/mol. The molecule has 0 amide bonds. The maximum atomic E-state index is 5.55. The predicted molar refractivity (Wildman–Crippen MR) is 39.4 cm³/mol. The number of allylic oxidation sites excluding steroid dienone is 1. The Morgan fingerprint density at radius 1 is 1.60 bits per heavy atom. The minimum atomic E-state index is 0.481. The SMILES string of the molecule is CN1C[C@@H]2C=CCC[C@@H]2O1. The van der Waals surface area contributed by atoms with Gasteiger partial charge in [0.2, 0.25) is 0 Å². The van der Waals surface area contributed by atoms with Gasteiger partial charge in [-0.15, -0.1) is 0 Å². The van der Waals surface area contributed by atoms with Crippen LogP contribution in [0.15, 0.2) is 12.2 Å². The zero-order valence-corrected chi connectivity index (χ0v) is 6.29. The standard InChI is InChI=1S/C8H13NO/c1-9-6-7-4-2-3-5-8(7)10-9/h2,4,7-8H,3,5-6H2,1H3/t7-,8-/m0/s1. The summed E-state index contributed by atoms with van der Waals surface area (Å²) >= 11 is 0. The molecule has 0 spiro atoms. The minimum absolute atomic E-state index is 0.481. The molecule has 0 saturated carbocycles. The Bertz CT molecular complexity index is 155. The van der Waals surface area contributed by atoms with Crippen molar-refractivity contribution in [2.45, 2.75) is 18.9 Å². The van der Waals surface area contributed by atoms with Crippen molar-refractivity contribution in [1.82, 2.24) is 5.06 Å². The molecule has 56 valence electrons. The molecule has 0 N–H and O–H groups in total. The van der Waals surface area contributed by atoms with Crippen LogP contribution in [0.25, 0.3) is 0 Å². The van der Waals surface area contributed by atoms with Crippen LogP contribution in [0.2, 0.25) is 0 Å². The molecule has 1 heterocycles. The number of fused-ring (bicyclic) bond motifs is 1. The molecule has 1 fully saturated rings. The molecular formula is C8H13NO. The van der Waals surface area contributed by atoms with Crippen molar-refractivity contribution in [2.75, 3.05) is 13.6 Å². The van der Waals surface area contributed by atoms with Crippen LogP contribution in [0.3, 0.4) is 0 Å². The molecule has 0 bridgehead atoms. The fourth-order valence-corrected chi connectivity index (χ4v) is 1.75. The van der Waals surface area contributed by atoms with Gasteiger partial charge in [-0.2, -0.15) is 5.06 Å². The lowest BCUT2D eigenvalue weighted by Crippen LogP contribution is -2.17. The fraction of sp³-hybridized carbons (Fsp3) is 0.750. The minimum Gasteiger partial charge on any atom is -0.295 e. The third-order valence-corrected chi connectivity index (χ3v) is 2.26. The largest absolute Gasteiger partial charge is 0.295 e. The van der Waals surface area contributed by atoms with Crippen molar-refractivity contribution in [3.63, 3.8) is 0 Å². The lowest BCUT2D eigenvalue weighted by atomic mass is 9.94. The first-order chi connectivity index (χ1) is 4.86. The van der Waals surface area contributed by atoms with Gasteiger partial charge in [0, 0.05) is 19.5 Å². The van der Waals surface area contributed by atoms with Crippen molar-refractivity contribution in [1.29, 1.82) is 0 Å². The molecule has 2 heteroatoms. The van der Waals surface area contributed by atoms with Crippen LogP contribution in [0.1, 0.15) is 12.8 Å². The van der Waals surface area contributed by atoms with Gasteiger partial charge >= 0.3 is 0 Å². The summed E-state index contributed by atoms with van der Waals surface area (Å²) in [7, 11) is 2.01. The maximum Gasteiger partial charge on any atom is 0.0871 e. The lowest BCUT2D eigenvalue weighted by Gasteiger charge is -2.16. The van der Waals surface area contributed by atoms with Crippen LogP contribution in [0.4, 0.5) is 0 Å². The second kappa shape index (κ2) is 2.36. The van der Waals surface area contributed by atoms with E-state index in [1.54, 1.807) is 0 Å². The van der Waals surface area contributed by atoms with Crippen molar-refractivity contribution in [2.24, 2.45) is 5.92 Å². The molecular weight excluding hydrogens is 126 g/mol. The molecule has 0 aromatic heterocycles. The molecule has 1 aliphatic carbocycles. The van der Waals surface area contributed by atoms with Gasteiger partial charge < -0.3 is 0 Å². The summed E-state index contributed by atoms with van der Waals surface area (Å²) in [6.45, 7) is 1.07. The van der Waals surface area contributed by atoms with Crippen molar-refractivity contribution in [3.05, 3.63) is 12.2 Å². The van der Waals surface area contributed by atoms with Crippen LogP contribution in [0.5, 0.6) is 0 Å². The van der Waals surface area contributed by atoms with Gasteiger partial charge in [-0.3, -0.25) is 4.84 Å². The lowest BCUT2D eigenvalue weighted by molar-refractivity contribution is -0.129. The van der Waals surface area contributed by atoms with E-state index >= 15 is 0 Å². The van der Waals surface area contributed by atoms with E-state index in [9.17, 15) is 0 Å². The summed E-state index contributed by atoms with van der Waals surface area (Å²) < 4.78 is 0. The molecule has 1 saturated heterocycles. The van der Waals surface area contributed by atoms with Crippen molar-refractivity contribution in [3.8, 4) is 0 Å². The van der Waals surface area contributed by atoms with Crippen LogP contribution >= 0.6 is 0 Å². The quantitative estimate of drug-likeness (QED) is 0.467. The van der Waals surface area contributed by atoms with E-state index in [2.05, 4.69) is 12.2 Å². The van der Waals surface area contributed by atoms with Gasteiger partial charge in [0.15, 0.2) is 0 Å². The highest BCUT2D eigenvalue weighted by molar-refractivity contribution is 5.00. The van der Waals surface area contributed by atoms with E-state index in [1.165, 1.54) is 12.8 Å².